The average Bonchev–Trinajstić information content (AvgIpc) is 2.26. The molecule has 0 spiro atoms. The fraction of sp³-hybridized carbons (Fsp3) is 0.385. The summed E-state index contributed by atoms with van der Waals surface area (Å²) in [5.74, 6) is 0.416. The minimum Gasteiger partial charge on any atom is -0.381 e. The summed E-state index contributed by atoms with van der Waals surface area (Å²) in [4.78, 5) is 0. The van der Waals surface area contributed by atoms with E-state index in [-0.39, 0.29) is 6.10 Å². The van der Waals surface area contributed by atoms with Crippen LogP contribution in [-0.4, -0.2) is 13.2 Å². The monoisotopic (exact) mass is 190 g/mol. The van der Waals surface area contributed by atoms with Gasteiger partial charge in [0.25, 0.3) is 0 Å². The fourth-order valence-corrected chi connectivity index (χ4v) is 1.64. The van der Waals surface area contributed by atoms with Gasteiger partial charge in [0.15, 0.2) is 0 Å². The van der Waals surface area contributed by atoms with Crippen LogP contribution in [0.25, 0.3) is 0 Å². The van der Waals surface area contributed by atoms with E-state index < -0.39 is 0 Å². The van der Waals surface area contributed by atoms with Crippen LogP contribution in [-0.2, 0) is 4.74 Å². The Morgan fingerprint density at radius 2 is 2.00 bits per heavy atom. The summed E-state index contributed by atoms with van der Waals surface area (Å²) in [7, 11) is 1.76. The number of ether oxygens (including phenoxy) is 1. The number of hydrogen-bond donors (Lipinski definition) is 0. The van der Waals surface area contributed by atoms with Gasteiger partial charge in [0.05, 0.1) is 6.10 Å². The van der Waals surface area contributed by atoms with Crippen LogP contribution in [0, 0.1) is 0 Å². The minimum atomic E-state index is 0.231. The molecule has 2 atom stereocenters. The molecule has 76 valence electrons. The summed E-state index contributed by atoms with van der Waals surface area (Å²) in [6.45, 7) is 5.93. The van der Waals surface area contributed by atoms with Crippen molar-refractivity contribution in [1.82, 2.24) is 0 Å². The molecule has 1 rings (SSSR count). The lowest BCUT2D eigenvalue weighted by Gasteiger charge is -2.21. The van der Waals surface area contributed by atoms with Crippen molar-refractivity contribution in [1.29, 1.82) is 0 Å². The Kier molecular flexibility index (Phi) is 4.41. The zero-order chi connectivity index (χ0) is 10.4. The molecule has 0 amide bonds. The molecule has 0 aliphatic heterocycles. The second kappa shape index (κ2) is 5.61. The second-order valence-electron chi connectivity index (χ2n) is 3.50. The van der Waals surface area contributed by atoms with Crippen molar-refractivity contribution in [2.75, 3.05) is 7.11 Å². The van der Waals surface area contributed by atoms with Gasteiger partial charge in [-0.3, -0.25) is 0 Å². The lowest BCUT2D eigenvalue weighted by atomic mass is 9.93. The molecule has 0 heterocycles. The van der Waals surface area contributed by atoms with Gasteiger partial charge in [0, 0.05) is 13.0 Å². The van der Waals surface area contributed by atoms with E-state index in [1.54, 1.807) is 7.11 Å². The molecule has 0 fully saturated rings. The second-order valence-corrected chi connectivity index (χ2v) is 3.50. The van der Waals surface area contributed by atoms with Gasteiger partial charge in [-0.05, 0) is 12.0 Å². The van der Waals surface area contributed by atoms with Gasteiger partial charge in [-0.25, -0.2) is 0 Å². The highest BCUT2D eigenvalue weighted by atomic mass is 16.5. The molecule has 0 aliphatic carbocycles. The smallest absolute Gasteiger partial charge is 0.0671 e. The van der Waals surface area contributed by atoms with Crippen LogP contribution in [0.5, 0.6) is 0 Å². The summed E-state index contributed by atoms with van der Waals surface area (Å²) >= 11 is 0. The van der Waals surface area contributed by atoms with Gasteiger partial charge in [0.2, 0.25) is 0 Å². The topological polar surface area (TPSA) is 9.23 Å². The Labute approximate surface area is 86.4 Å². The summed E-state index contributed by atoms with van der Waals surface area (Å²) in [5, 5.41) is 0. The van der Waals surface area contributed by atoms with Crippen molar-refractivity contribution in [3.8, 4) is 0 Å². The molecule has 0 radical (unpaired) electrons. The van der Waals surface area contributed by atoms with Crippen LogP contribution in [0.1, 0.15) is 24.8 Å². The van der Waals surface area contributed by atoms with E-state index in [9.17, 15) is 0 Å². The quantitative estimate of drug-likeness (QED) is 0.647. The highest BCUT2D eigenvalue weighted by Crippen LogP contribution is 2.22. The molecule has 0 aromatic heterocycles. The van der Waals surface area contributed by atoms with E-state index in [2.05, 4.69) is 37.8 Å². The largest absolute Gasteiger partial charge is 0.381 e. The summed E-state index contributed by atoms with van der Waals surface area (Å²) in [6, 6.07) is 10.4. The predicted molar refractivity (Wildman–Crippen MR) is 60.5 cm³/mol. The molecule has 14 heavy (non-hydrogen) atoms. The Morgan fingerprint density at radius 1 is 1.36 bits per heavy atom. The van der Waals surface area contributed by atoms with E-state index in [1.165, 1.54) is 5.56 Å². The van der Waals surface area contributed by atoms with Crippen LogP contribution in [0.4, 0.5) is 0 Å². The van der Waals surface area contributed by atoms with Gasteiger partial charge < -0.3 is 4.74 Å². The third-order valence-electron chi connectivity index (χ3n) is 2.58. The van der Waals surface area contributed by atoms with Crippen LogP contribution >= 0.6 is 0 Å². The zero-order valence-corrected chi connectivity index (χ0v) is 8.94. The molecule has 0 N–H and O–H groups in total. The van der Waals surface area contributed by atoms with Crippen LogP contribution in [0.3, 0.4) is 0 Å². The van der Waals surface area contributed by atoms with E-state index in [0.29, 0.717) is 5.92 Å². The molecular weight excluding hydrogens is 172 g/mol. The average molecular weight is 190 g/mol. The molecule has 1 aromatic carbocycles. The molecule has 0 saturated carbocycles. The van der Waals surface area contributed by atoms with Crippen molar-refractivity contribution in [3.63, 3.8) is 0 Å². The number of methoxy groups -OCH3 is 1. The van der Waals surface area contributed by atoms with Gasteiger partial charge in [-0.1, -0.05) is 43.3 Å². The molecule has 2 unspecified atom stereocenters. The van der Waals surface area contributed by atoms with E-state index in [0.717, 1.165) is 6.42 Å². The lowest BCUT2D eigenvalue weighted by molar-refractivity contribution is 0.0861. The number of rotatable bonds is 5. The Bertz CT molecular complexity index is 266. The third kappa shape index (κ3) is 2.71. The maximum Gasteiger partial charge on any atom is 0.0671 e. The molecule has 1 nitrogen and oxygen atoms in total. The standard InChI is InChI=1S/C13H18O/c1-4-8-13(14-3)11(2)12-9-6-5-7-10-12/h4-7,9-11,13H,1,8H2,2-3H3. The molecule has 0 saturated heterocycles. The zero-order valence-electron chi connectivity index (χ0n) is 8.94. The molecule has 1 aromatic rings. The number of hydrogen-bond acceptors (Lipinski definition) is 1. The van der Waals surface area contributed by atoms with Gasteiger partial charge in [0.1, 0.15) is 0 Å². The molecular formula is C13H18O. The van der Waals surface area contributed by atoms with Crippen molar-refractivity contribution < 1.29 is 4.74 Å². The van der Waals surface area contributed by atoms with Crippen LogP contribution < -0.4 is 0 Å². The first-order valence-electron chi connectivity index (χ1n) is 4.98. The first-order chi connectivity index (χ1) is 6.79. The SMILES string of the molecule is C=CCC(OC)C(C)c1ccccc1. The molecule has 0 aliphatic rings. The molecule has 1 heteroatoms. The third-order valence-corrected chi connectivity index (χ3v) is 2.58. The van der Waals surface area contributed by atoms with E-state index >= 15 is 0 Å². The van der Waals surface area contributed by atoms with E-state index in [1.807, 2.05) is 12.1 Å². The lowest BCUT2D eigenvalue weighted by Crippen LogP contribution is -2.17. The highest BCUT2D eigenvalue weighted by Gasteiger charge is 2.16. The van der Waals surface area contributed by atoms with Crippen LogP contribution in [0.2, 0.25) is 0 Å². The van der Waals surface area contributed by atoms with Crippen molar-refractivity contribution in [3.05, 3.63) is 48.6 Å². The summed E-state index contributed by atoms with van der Waals surface area (Å²) in [5.41, 5.74) is 1.32. The summed E-state index contributed by atoms with van der Waals surface area (Å²) < 4.78 is 5.44. The van der Waals surface area contributed by atoms with Crippen molar-refractivity contribution in [2.45, 2.75) is 25.4 Å². The van der Waals surface area contributed by atoms with Crippen molar-refractivity contribution >= 4 is 0 Å². The Morgan fingerprint density at radius 3 is 2.50 bits per heavy atom. The summed E-state index contributed by atoms with van der Waals surface area (Å²) in [6.07, 6.45) is 3.04. The maximum absolute atomic E-state index is 5.44. The van der Waals surface area contributed by atoms with Gasteiger partial charge >= 0.3 is 0 Å². The highest BCUT2D eigenvalue weighted by molar-refractivity contribution is 5.20. The van der Waals surface area contributed by atoms with E-state index in [4.69, 9.17) is 4.74 Å². The maximum atomic E-state index is 5.44. The van der Waals surface area contributed by atoms with Crippen molar-refractivity contribution in [2.24, 2.45) is 0 Å². The Hall–Kier alpha value is -1.08. The predicted octanol–water partition coefficient (Wildman–Crippen LogP) is 3.38. The van der Waals surface area contributed by atoms with Gasteiger partial charge in [-0.15, -0.1) is 6.58 Å². The van der Waals surface area contributed by atoms with Gasteiger partial charge in [-0.2, -0.15) is 0 Å². The molecule has 0 bridgehead atoms. The number of benzene rings is 1. The first kappa shape index (κ1) is 11.0. The first-order valence-corrected chi connectivity index (χ1v) is 4.98. The van der Waals surface area contributed by atoms with Crippen LogP contribution in [0.15, 0.2) is 43.0 Å². The minimum absolute atomic E-state index is 0.231. The Balaban J connectivity index is 2.72. The normalized spacial score (nSPS) is 14.7. The fourth-order valence-electron chi connectivity index (χ4n) is 1.64.